The number of aryl methyl sites for hydroxylation is 2. The Balaban J connectivity index is 1.57. The summed E-state index contributed by atoms with van der Waals surface area (Å²) in [5.41, 5.74) is 5.54. The minimum Gasteiger partial charge on any atom is -0.324 e. The van der Waals surface area contributed by atoms with Gasteiger partial charge in [0.1, 0.15) is 18.2 Å². The van der Waals surface area contributed by atoms with Crippen LogP contribution in [0.3, 0.4) is 0 Å². The molecule has 5 aromatic rings. The largest absolute Gasteiger partial charge is 0.324 e. The highest BCUT2D eigenvalue weighted by Crippen LogP contribution is 2.30. The van der Waals surface area contributed by atoms with Crippen molar-refractivity contribution in [3.63, 3.8) is 0 Å². The molecule has 0 aliphatic rings. The van der Waals surface area contributed by atoms with Gasteiger partial charge in [0.2, 0.25) is 5.95 Å². The fraction of sp³-hybridized carbons (Fsp3) is 0.125. The number of nitrogens with one attached hydrogen (secondary N) is 2. The van der Waals surface area contributed by atoms with Crippen molar-refractivity contribution < 1.29 is 4.79 Å². The molecule has 1 aromatic carbocycles. The second kappa shape index (κ2) is 8.22. The summed E-state index contributed by atoms with van der Waals surface area (Å²) in [4.78, 5) is 30.1. The number of Topliss-reactive ketones (excluding diaryl/α,β-unsaturated/α-hetero) is 1. The summed E-state index contributed by atoms with van der Waals surface area (Å²) in [5.74, 6) is 0.914. The van der Waals surface area contributed by atoms with Crippen LogP contribution in [-0.2, 0) is 0 Å². The molecule has 4 aromatic heterocycles. The first kappa shape index (κ1) is 21.0. The fourth-order valence-corrected chi connectivity index (χ4v) is 3.72. The van der Waals surface area contributed by atoms with Crippen molar-refractivity contribution in [2.24, 2.45) is 0 Å². The van der Waals surface area contributed by atoms with Gasteiger partial charge in [0.05, 0.1) is 22.3 Å². The van der Waals surface area contributed by atoms with Crippen LogP contribution < -0.4 is 5.32 Å². The topological polar surface area (TPSA) is 138 Å². The monoisotopic (exact) mass is 449 g/mol. The van der Waals surface area contributed by atoms with E-state index in [1.807, 2.05) is 29.7 Å². The number of carbonyl (C=O) groups is 1. The standard InChI is InChI=1S/C24H19N9O/c1-13-10-26-24(27-11-13)29-16-4-6-20-18(8-16)28-12-33(20)21-7-5-17(15(3)34)23(30-21)22-14(2)31-32-19(22)9-25/h4-8,10-12H,1-3H3,(H,31,32)(H,26,27,29). The molecule has 0 bridgehead atoms. The summed E-state index contributed by atoms with van der Waals surface area (Å²) >= 11 is 0. The van der Waals surface area contributed by atoms with E-state index in [2.05, 4.69) is 36.5 Å². The lowest BCUT2D eigenvalue weighted by Crippen LogP contribution is -2.04. The van der Waals surface area contributed by atoms with Gasteiger partial charge in [0.25, 0.3) is 0 Å². The third-order valence-corrected chi connectivity index (χ3v) is 5.38. The second-order valence-electron chi connectivity index (χ2n) is 7.83. The lowest BCUT2D eigenvalue weighted by Gasteiger charge is -2.11. The van der Waals surface area contributed by atoms with Crippen LogP contribution in [0.15, 0.2) is 49.1 Å². The number of hydrogen-bond donors (Lipinski definition) is 2. The van der Waals surface area contributed by atoms with Gasteiger partial charge < -0.3 is 5.32 Å². The van der Waals surface area contributed by atoms with Crippen molar-refractivity contribution in [3.8, 4) is 23.1 Å². The van der Waals surface area contributed by atoms with E-state index in [1.165, 1.54) is 6.92 Å². The first-order valence-corrected chi connectivity index (χ1v) is 10.4. The Hall–Kier alpha value is -4.91. The number of fused-ring (bicyclic) bond motifs is 1. The molecule has 0 atom stereocenters. The van der Waals surface area contributed by atoms with Gasteiger partial charge in [-0.1, -0.05) is 0 Å². The molecular formula is C24H19N9O. The van der Waals surface area contributed by atoms with Gasteiger partial charge in [-0.2, -0.15) is 10.4 Å². The number of nitriles is 1. The molecule has 0 saturated carbocycles. The Morgan fingerprint density at radius 1 is 1.12 bits per heavy atom. The number of carbonyl (C=O) groups excluding carboxylic acids is 1. The van der Waals surface area contributed by atoms with E-state index in [4.69, 9.17) is 4.98 Å². The molecule has 0 fully saturated rings. The van der Waals surface area contributed by atoms with Gasteiger partial charge >= 0.3 is 0 Å². The van der Waals surface area contributed by atoms with E-state index in [0.717, 1.165) is 22.3 Å². The lowest BCUT2D eigenvalue weighted by molar-refractivity contribution is 0.101. The number of pyridine rings is 1. The SMILES string of the molecule is CC(=O)c1ccc(-n2cnc3cc(Nc4ncc(C)cn4)ccc32)nc1-c1c(C#N)n[nH]c1C. The summed E-state index contributed by atoms with van der Waals surface area (Å²) < 4.78 is 1.83. The van der Waals surface area contributed by atoms with E-state index in [-0.39, 0.29) is 11.5 Å². The number of H-pyrrole nitrogens is 1. The van der Waals surface area contributed by atoms with Crippen LogP contribution in [0.25, 0.3) is 28.1 Å². The van der Waals surface area contributed by atoms with Crippen molar-refractivity contribution in [2.45, 2.75) is 20.8 Å². The third-order valence-electron chi connectivity index (χ3n) is 5.38. The van der Waals surface area contributed by atoms with Crippen molar-refractivity contribution in [1.29, 1.82) is 5.26 Å². The highest BCUT2D eigenvalue weighted by atomic mass is 16.1. The number of benzene rings is 1. The van der Waals surface area contributed by atoms with E-state index in [9.17, 15) is 10.1 Å². The molecule has 0 radical (unpaired) electrons. The van der Waals surface area contributed by atoms with E-state index in [1.54, 1.807) is 37.8 Å². The van der Waals surface area contributed by atoms with Gasteiger partial charge in [0.15, 0.2) is 11.5 Å². The molecule has 0 amide bonds. The van der Waals surface area contributed by atoms with Gasteiger partial charge in [-0.15, -0.1) is 0 Å². The lowest BCUT2D eigenvalue weighted by atomic mass is 10.0. The quantitative estimate of drug-likeness (QED) is 0.384. The Morgan fingerprint density at radius 2 is 1.91 bits per heavy atom. The second-order valence-corrected chi connectivity index (χ2v) is 7.83. The Bertz CT molecular complexity index is 1590. The first-order valence-electron chi connectivity index (χ1n) is 10.4. The van der Waals surface area contributed by atoms with Crippen molar-refractivity contribution in [3.05, 3.63) is 71.6 Å². The molecule has 10 heteroatoms. The molecule has 5 rings (SSSR count). The number of nitrogens with zero attached hydrogens (tertiary/aromatic N) is 7. The maximum absolute atomic E-state index is 12.3. The fourth-order valence-electron chi connectivity index (χ4n) is 3.72. The minimum absolute atomic E-state index is 0.150. The van der Waals surface area contributed by atoms with Crippen molar-refractivity contribution in [1.82, 2.24) is 34.7 Å². The summed E-state index contributed by atoms with van der Waals surface area (Å²) in [6.07, 6.45) is 5.16. The van der Waals surface area contributed by atoms with Crippen LogP contribution in [0.5, 0.6) is 0 Å². The summed E-state index contributed by atoms with van der Waals surface area (Å²) in [7, 11) is 0. The molecule has 2 N–H and O–H groups in total. The molecule has 4 heterocycles. The van der Waals surface area contributed by atoms with Crippen LogP contribution in [-0.4, -0.2) is 40.5 Å². The molecule has 34 heavy (non-hydrogen) atoms. The maximum atomic E-state index is 12.3. The molecule has 0 spiro atoms. The number of aromatic amines is 1. The normalized spacial score (nSPS) is 10.9. The maximum Gasteiger partial charge on any atom is 0.227 e. The summed E-state index contributed by atoms with van der Waals surface area (Å²) in [6.45, 7) is 5.20. The smallest absolute Gasteiger partial charge is 0.227 e. The van der Waals surface area contributed by atoms with Crippen LogP contribution in [0, 0.1) is 25.2 Å². The predicted molar refractivity (Wildman–Crippen MR) is 126 cm³/mol. The van der Waals surface area contributed by atoms with E-state index >= 15 is 0 Å². The number of ketones is 1. The average molecular weight is 449 g/mol. The van der Waals surface area contributed by atoms with Crippen LogP contribution >= 0.6 is 0 Å². The van der Waals surface area contributed by atoms with Crippen LogP contribution in [0.2, 0.25) is 0 Å². The summed E-state index contributed by atoms with van der Waals surface area (Å²) in [5, 5.41) is 19.5. The molecule has 10 nitrogen and oxygen atoms in total. The molecule has 0 aliphatic heterocycles. The van der Waals surface area contributed by atoms with Crippen LogP contribution in [0.1, 0.15) is 34.2 Å². The zero-order chi connectivity index (χ0) is 23.8. The third kappa shape index (κ3) is 3.65. The van der Waals surface area contributed by atoms with E-state index < -0.39 is 0 Å². The Labute approximate surface area is 194 Å². The number of hydrogen-bond acceptors (Lipinski definition) is 8. The molecule has 0 unspecified atom stereocenters. The highest BCUT2D eigenvalue weighted by Gasteiger charge is 2.21. The first-order chi connectivity index (χ1) is 16.4. The number of imidazole rings is 1. The Morgan fingerprint density at radius 3 is 2.65 bits per heavy atom. The van der Waals surface area contributed by atoms with Crippen molar-refractivity contribution >= 4 is 28.5 Å². The molecular weight excluding hydrogens is 430 g/mol. The van der Waals surface area contributed by atoms with Gasteiger partial charge in [-0.3, -0.25) is 14.5 Å². The minimum atomic E-state index is -0.150. The van der Waals surface area contributed by atoms with Gasteiger partial charge in [-0.25, -0.2) is 19.9 Å². The number of aromatic nitrogens is 7. The predicted octanol–water partition coefficient (Wildman–Crippen LogP) is 4.04. The zero-order valence-corrected chi connectivity index (χ0v) is 18.7. The number of rotatable bonds is 5. The van der Waals surface area contributed by atoms with Gasteiger partial charge in [0, 0.05) is 29.3 Å². The zero-order valence-electron chi connectivity index (χ0n) is 18.7. The molecule has 0 saturated heterocycles. The molecule has 166 valence electrons. The summed E-state index contributed by atoms with van der Waals surface area (Å²) in [6, 6.07) is 11.3. The Kier molecular flexibility index (Phi) is 5.07. The van der Waals surface area contributed by atoms with Crippen LogP contribution in [0.4, 0.5) is 11.6 Å². The molecule has 0 aliphatic carbocycles. The van der Waals surface area contributed by atoms with Gasteiger partial charge in [-0.05, 0) is 56.7 Å². The number of anilines is 2. The average Bonchev–Trinajstić information content (AvgIpc) is 3.42. The highest BCUT2D eigenvalue weighted by molar-refractivity contribution is 6.00. The van der Waals surface area contributed by atoms with Crippen molar-refractivity contribution in [2.75, 3.05) is 5.32 Å². The van der Waals surface area contributed by atoms with E-state index in [0.29, 0.717) is 34.3 Å².